The van der Waals surface area contributed by atoms with Gasteiger partial charge in [-0.3, -0.25) is 9.59 Å². The van der Waals surface area contributed by atoms with Gasteiger partial charge in [-0.1, -0.05) is 25.3 Å². The lowest BCUT2D eigenvalue weighted by atomic mass is 9.88. The highest BCUT2D eigenvalue weighted by Gasteiger charge is 2.21. The Balaban J connectivity index is 1.34. The van der Waals surface area contributed by atoms with Gasteiger partial charge in [-0.25, -0.2) is 0 Å². The third-order valence-electron chi connectivity index (χ3n) is 6.01. The molecule has 0 bridgehead atoms. The van der Waals surface area contributed by atoms with Crippen molar-refractivity contribution in [3.05, 3.63) is 52.5 Å². The maximum absolute atomic E-state index is 12.7. The van der Waals surface area contributed by atoms with Crippen LogP contribution in [-0.4, -0.2) is 31.1 Å². The normalized spacial score (nSPS) is 18.8. The van der Waals surface area contributed by atoms with E-state index < -0.39 is 0 Å². The lowest BCUT2D eigenvalue weighted by molar-refractivity contribution is -0.120. The summed E-state index contributed by atoms with van der Waals surface area (Å²) >= 11 is 3.49. The molecular weight excluding hydrogens is 472 g/mol. The predicted octanol–water partition coefficient (Wildman–Crippen LogP) is 5.78. The topological polar surface area (TPSA) is 76.7 Å². The summed E-state index contributed by atoms with van der Waals surface area (Å²) in [6.45, 7) is 1.29. The Hall–Kier alpha value is -2.38. The summed E-state index contributed by atoms with van der Waals surface area (Å²) in [6, 6.07) is 12.5. The van der Waals surface area contributed by atoms with Gasteiger partial charge in [0.1, 0.15) is 12.4 Å². The number of amides is 2. The Bertz CT molecular complexity index is 953. The zero-order chi connectivity index (χ0) is 22.3. The molecule has 2 amide bonds. The molecule has 1 unspecified atom stereocenters. The van der Waals surface area contributed by atoms with Crippen LogP contribution in [0.25, 0.3) is 0 Å². The fourth-order valence-electron chi connectivity index (χ4n) is 4.20. The van der Waals surface area contributed by atoms with E-state index in [1.54, 1.807) is 24.3 Å². The van der Waals surface area contributed by atoms with Gasteiger partial charge in [0.2, 0.25) is 5.91 Å². The summed E-state index contributed by atoms with van der Waals surface area (Å²) in [4.78, 5) is 25.3. The van der Waals surface area contributed by atoms with E-state index in [2.05, 4.69) is 26.6 Å². The first-order chi connectivity index (χ1) is 15.6. The van der Waals surface area contributed by atoms with E-state index in [1.165, 1.54) is 6.42 Å². The Morgan fingerprint density at radius 1 is 0.969 bits per heavy atom. The molecule has 1 aliphatic carbocycles. The first-order valence-corrected chi connectivity index (χ1v) is 12.1. The zero-order valence-electron chi connectivity index (χ0n) is 18.1. The van der Waals surface area contributed by atoms with E-state index in [0.717, 1.165) is 49.6 Å². The lowest BCUT2D eigenvalue weighted by Crippen LogP contribution is -2.24. The SMILES string of the molecule is O=C(Nc1cccc(NC(=O)C2CCCCC2)c1)c1ccc(OCC2CCCO2)c(Br)c1. The van der Waals surface area contributed by atoms with Crippen LogP contribution in [0.2, 0.25) is 0 Å². The number of rotatable bonds is 7. The molecule has 4 rings (SSSR count). The fourth-order valence-corrected chi connectivity index (χ4v) is 4.70. The third kappa shape index (κ3) is 6.11. The van der Waals surface area contributed by atoms with Crippen molar-refractivity contribution in [1.29, 1.82) is 0 Å². The van der Waals surface area contributed by atoms with Crippen LogP contribution in [0.5, 0.6) is 5.75 Å². The van der Waals surface area contributed by atoms with E-state index in [9.17, 15) is 9.59 Å². The average Bonchev–Trinajstić information content (AvgIpc) is 3.33. The van der Waals surface area contributed by atoms with Crippen LogP contribution in [-0.2, 0) is 9.53 Å². The van der Waals surface area contributed by atoms with Crippen LogP contribution in [0.15, 0.2) is 46.9 Å². The van der Waals surface area contributed by atoms with Crippen molar-refractivity contribution in [2.45, 2.75) is 51.0 Å². The van der Waals surface area contributed by atoms with Crippen LogP contribution in [0.1, 0.15) is 55.3 Å². The molecule has 0 radical (unpaired) electrons. The highest BCUT2D eigenvalue weighted by Crippen LogP contribution is 2.28. The molecule has 2 fully saturated rings. The second kappa shape index (κ2) is 11.0. The molecule has 1 saturated heterocycles. The van der Waals surface area contributed by atoms with Crippen molar-refractivity contribution >= 4 is 39.1 Å². The minimum atomic E-state index is -0.230. The quantitative estimate of drug-likeness (QED) is 0.505. The van der Waals surface area contributed by atoms with Crippen LogP contribution in [0.3, 0.4) is 0 Å². The molecule has 2 aromatic rings. The number of nitrogens with one attached hydrogen (secondary N) is 2. The van der Waals surface area contributed by atoms with Gasteiger partial charge in [-0.15, -0.1) is 0 Å². The Morgan fingerprint density at radius 2 is 1.75 bits per heavy atom. The van der Waals surface area contributed by atoms with Gasteiger partial charge in [0.25, 0.3) is 5.91 Å². The first-order valence-electron chi connectivity index (χ1n) is 11.3. The number of hydrogen-bond acceptors (Lipinski definition) is 4. The maximum Gasteiger partial charge on any atom is 0.255 e. The third-order valence-corrected chi connectivity index (χ3v) is 6.63. The van der Waals surface area contributed by atoms with E-state index in [4.69, 9.17) is 9.47 Å². The van der Waals surface area contributed by atoms with Crippen molar-refractivity contribution in [2.24, 2.45) is 5.92 Å². The largest absolute Gasteiger partial charge is 0.490 e. The molecule has 2 N–H and O–H groups in total. The number of benzene rings is 2. The molecule has 2 aromatic carbocycles. The van der Waals surface area contributed by atoms with E-state index >= 15 is 0 Å². The van der Waals surface area contributed by atoms with E-state index in [0.29, 0.717) is 29.3 Å². The number of carbonyl (C=O) groups is 2. The van der Waals surface area contributed by atoms with Crippen molar-refractivity contribution < 1.29 is 19.1 Å². The van der Waals surface area contributed by atoms with Gasteiger partial charge in [0.15, 0.2) is 0 Å². The summed E-state index contributed by atoms with van der Waals surface area (Å²) in [6.07, 6.45) is 7.55. The molecule has 6 nitrogen and oxygen atoms in total. The monoisotopic (exact) mass is 500 g/mol. The van der Waals surface area contributed by atoms with Crippen molar-refractivity contribution in [3.63, 3.8) is 0 Å². The number of hydrogen-bond donors (Lipinski definition) is 2. The average molecular weight is 501 g/mol. The number of carbonyl (C=O) groups excluding carboxylic acids is 2. The Kier molecular flexibility index (Phi) is 7.81. The van der Waals surface area contributed by atoms with Gasteiger partial charge < -0.3 is 20.1 Å². The van der Waals surface area contributed by atoms with Gasteiger partial charge in [0, 0.05) is 29.5 Å². The van der Waals surface area contributed by atoms with Crippen LogP contribution >= 0.6 is 15.9 Å². The van der Waals surface area contributed by atoms with Crippen molar-refractivity contribution in [3.8, 4) is 5.75 Å². The zero-order valence-corrected chi connectivity index (χ0v) is 19.7. The summed E-state index contributed by atoms with van der Waals surface area (Å²) in [5.41, 5.74) is 1.83. The lowest BCUT2D eigenvalue weighted by Gasteiger charge is -2.20. The predicted molar refractivity (Wildman–Crippen MR) is 128 cm³/mol. The number of halogens is 1. The van der Waals surface area contributed by atoms with Gasteiger partial charge in [0.05, 0.1) is 10.6 Å². The summed E-state index contributed by atoms with van der Waals surface area (Å²) in [7, 11) is 0. The molecule has 1 aliphatic heterocycles. The number of anilines is 2. The minimum absolute atomic E-state index is 0.0655. The molecule has 1 atom stereocenters. The molecule has 2 aliphatic rings. The standard InChI is InChI=1S/C25H29BrN2O4/c26-22-14-18(11-12-23(22)32-16-21-10-5-13-31-21)25(30)28-20-9-4-8-19(15-20)27-24(29)17-6-2-1-3-7-17/h4,8-9,11-12,14-15,17,21H,1-3,5-7,10,13,16H2,(H,27,29)(H,28,30). The molecule has 7 heteroatoms. The second-order valence-corrected chi connectivity index (χ2v) is 9.30. The first kappa shape index (κ1) is 22.8. The Labute approximate surface area is 197 Å². The molecule has 32 heavy (non-hydrogen) atoms. The summed E-state index contributed by atoms with van der Waals surface area (Å²) in [5, 5.41) is 5.90. The smallest absolute Gasteiger partial charge is 0.255 e. The minimum Gasteiger partial charge on any atom is -0.490 e. The molecule has 170 valence electrons. The van der Waals surface area contributed by atoms with Gasteiger partial charge in [-0.05, 0) is 78.0 Å². The molecule has 1 saturated carbocycles. The van der Waals surface area contributed by atoms with Gasteiger partial charge in [-0.2, -0.15) is 0 Å². The van der Waals surface area contributed by atoms with Crippen molar-refractivity contribution in [1.82, 2.24) is 0 Å². The second-order valence-electron chi connectivity index (χ2n) is 8.45. The maximum atomic E-state index is 12.7. The number of ether oxygens (including phenoxy) is 2. The van der Waals surface area contributed by atoms with Crippen LogP contribution in [0, 0.1) is 5.92 Å². The highest BCUT2D eigenvalue weighted by atomic mass is 79.9. The Morgan fingerprint density at radius 3 is 2.47 bits per heavy atom. The molecule has 0 aromatic heterocycles. The molecule has 0 spiro atoms. The van der Waals surface area contributed by atoms with Crippen LogP contribution in [0.4, 0.5) is 11.4 Å². The van der Waals surface area contributed by atoms with Crippen molar-refractivity contribution in [2.75, 3.05) is 23.8 Å². The molecular formula is C25H29BrN2O4. The van der Waals surface area contributed by atoms with Gasteiger partial charge >= 0.3 is 0 Å². The van der Waals surface area contributed by atoms with Crippen LogP contribution < -0.4 is 15.4 Å². The fraction of sp³-hybridized carbons (Fsp3) is 0.440. The highest BCUT2D eigenvalue weighted by molar-refractivity contribution is 9.10. The van der Waals surface area contributed by atoms with E-state index in [-0.39, 0.29) is 23.8 Å². The summed E-state index contributed by atoms with van der Waals surface area (Å²) in [5.74, 6) is 0.604. The van der Waals surface area contributed by atoms with E-state index in [1.807, 2.05) is 18.2 Å². The summed E-state index contributed by atoms with van der Waals surface area (Å²) < 4.78 is 12.1. The molecule has 1 heterocycles.